The summed E-state index contributed by atoms with van der Waals surface area (Å²) in [5.41, 5.74) is 0. The molecule has 1 aromatic rings. The van der Waals surface area contributed by atoms with Gasteiger partial charge in [0.05, 0.1) is 12.4 Å². The fraction of sp³-hybridized carbons (Fsp3) is 0.500. The van der Waals surface area contributed by atoms with Gasteiger partial charge in [-0.1, -0.05) is 11.8 Å². The molecule has 0 radical (unpaired) electrons. The Morgan fingerprint density at radius 2 is 2.14 bits per heavy atom. The average Bonchev–Trinajstić information content (AvgIpc) is 2.62. The van der Waals surface area contributed by atoms with Crippen LogP contribution in [0.4, 0.5) is 4.39 Å². The third-order valence-corrected chi connectivity index (χ3v) is 3.04. The van der Waals surface area contributed by atoms with E-state index in [1.807, 2.05) is 0 Å². The third-order valence-electron chi connectivity index (χ3n) is 1.88. The van der Waals surface area contributed by atoms with Gasteiger partial charge in [0.2, 0.25) is 0 Å². The van der Waals surface area contributed by atoms with Gasteiger partial charge in [-0.05, 0) is 13.0 Å². The molecule has 14 heavy (non-hydrogen) atoms. The average molecular weight is 236 g/mol. The molecule has 0 spiro atoms. The first-order chi connectivity index (χ1) is 6.34. The van der Waals surface area contributed by atoms with Gasteiger partial charge in [0.25, 0.3) is 0 Å². The van der Waals surface area contributed by atoms with Crippen LogP contribution in [0.25, 0.3) is 0 Å². The molecule has 1 aliphatic rings. The molecule has 78 valence electrons. The van der Waals surface area contributed by atoms with Gasteiger partial charge in [0, 0.05) is 11.8 Å². The third kappa shape index (κ3) is 3.08. The van der Waals surface area contributed by atoms with Crippen molar-refractivity contribution in [1.82, 2.24) is 15.3 Å². The Kier molecular flexibility index (Phi) is 4.57. The van der Waals surface area contributed by atoms with Crippen LogP contribution in [0.15, 0.2) is 17.6 Å². The summed E-state index contributed by atoms with van der Waals surface area (Å²) in [6.07, 6.45) is 3.54. The summed E-state index contributed by atoms with van der Waals surface area (Å²) in [6, 6.07) is 0. The van der Waals surface area contributed by atoms with Crippen molar-refractivity contribution in [3.8, 4) is 0 Å². The van der Waals surface area contributed by atoms with Crippen LogP contribution in [0.5, 0.6) is 0 Å². The molecule has 0 aliphatic carbocycles. The maximum atomic E-state index is 12.5. The smallest absolute Gasteiger partial charge is 0.187 e. The van der Waals surface area contributed by atoms with Crippen molar-refractivity contribution in [2.45, 2.75) is 16.8 Å². The maximum absolute atomic E-state index is 12.5. The minimum atomic E-state index is -0.381. The highest BCUT2D eigenvalue weighted by molar-refractivity contribution is 7.99. The number of thioether (sulfide) groups is 1. The number of nitrogens with zero attached hydrogens (tertiary/aromatic N) is 2. The van der Waals surface area contributed by atoms with E-state index in [4.69, 9.17) is 0 Å². The lowest BCUT2D eigenvalue weighted by Crippen LogP contribution is -2.10. The Bertz CT molecular complexity index is 276. The van der Waals surface area contributed by atoms with Crippen LogP contribution in [0.2, 0.25) is 0 Å². The topological polar surface area (TPSA) is 37.8 Å². The summed E-state index contributed by atoms with van der Waals surface area (Å²) < 4.78 is 12.5. The molecule has 1 aliphatic heterocycles. The van der Waals surface area contributed by atoms with Gasteiger partial charge in [-0.15, -0.1) is 12.4 Å². The minimum Gasteiger partial charge on any atom is -0.316 e. The molecule has 1 fully saturated rings. The molecule has 2 heterocycles. The van der Waals surface area contributed by atoms with Crippen molar-refractivity contribution < 1.29 is 4.39 Å². The zero-order valence-electron chi connectivity index (χ0n) is 7.44. The first-order valence-corrected chi connectivity index (χ1v) is 5.07. The van der Waals surface area contributed by atoms with Crippen molar-refractivity contribution >= 4 is 24.2 Å². The van der Waals surface area contributed by atoms with E-state index >= 15 is 0 Å². The van der Waals surface area contributed by atoms with Crippen molar-refractivity contribution in [1.29, 1.82) is 0 Å². The van der Waals surface area contributed by atoms with Gasteiger partial charge in [0.15, 0.2) is 11.0 Å². The van der Waals surface area contributed by atoms with Gasteiger partial charge in [0.1, 0.15) is 0 Å². The summed E-state index contributed by atoms with van der Waals surface area (Å²) >= 11 is 1.61. The molecule has 0 saturated carbocycles. The molecule has 1 aromatic heterocycles. The molecule has 3 nitrogen and oxygen atoms in total. The molecule has 0 unspecified atom stereocenters. The minimum absolute atomic E-state index is 0. The quantitative estimate of drug-likeness (QED) is 0.789. The fourth-order valence-electron chi connectivity index (χ4n) is 1.24. The van der Waals surface area contributed by atoms with Crippen molar-refractivity contribution in [3.63, 3.8) is 0 Å². The second-order valence-electron chi connectivity index (χ2n) is 2.92. The predicted octanol–water partition coefficient (Wildman–Crippen LogP) is 1.49. The summed E-state index contributed by atoms with van der Waals surface area (Å²) in [7, 11) is 0. The van der Waals surface area contributed by atoms with Crippen LogP contribution in [-0.4, -0.2) is 28.3 Å². The Labute approximate surface area is 92.3 Å². The molecular weight excluding hydrogens is 225 g/mol. The van der Waals surface area contributed by atoms with Gasteiger partial charge in [-0.25, -0.2) is 14.4 Å². The maximum Gasteiger partial charge on any atom is 0.187 e. The Balaban J connectivity index is 0.000000980. The lowest BCUT2D eigenvalue weighted by Gasteiger charge is -2.04. The summed E-state index contributed by atoms with van der Waals surface area (Å²) in [6.45, 7) is 2.05. The molecule has 0 bridgehead atoms. The molecule has 0 aromatic carbocycles. The number of halogens is 2. The van der Waals surface area contributed by atoms with Crippen LogP contribution in [0.3, 0.4) is 0 Å². The second-order valence-corrected chi connectivity index (χ2v) is 4.18. The van der Waals surface area contributed by atoms with Crippen molar-refractivity contribution in [2.24, 2.45) is 0 Å². The van der Waals surface area contributed by atoms with Gasteiger partial charge >= 0.3 is 0 Å². The zero-order chi connectivity index (χ0) is 9.10. The normalized spacial score (nSPS) is 20.5. The second kappa shape index (κ2) is 5.48. The van der Waals surface area contributed by atoms with Crippen LogP contribution < -0.4 is 5.32 Å². The largest absolute Gasteiger partial charge is 0.316 e. The highest BCUT2D eigenvalue weighted by Gasteiger charge is 2.16. The zero-order valence-corrected chi connectivity index (χ0v) is 9.08. The number of nitrogens with one attached hydrogen (secondary N) is 1. The van der Waals surface area contributed by atoms with E-state index in [1.54, 1.807) is 11.8 Å². The predicted molar refractivity (Wildman–Crippen MR) is 56.4 cm³/mol. The number of rotatable bonds is 2. The van der Waals surface area contributed by atoms with E-state index in [9.17, 15) is 4.39 Å². The van der Waals surface area contributed by atoms with E-state index in [1.165, 1.54) is 12.4 Å². The number of hydrogen-bond donors (Lipinski definition) is 1. The first-order valence-electron chi connectivity index (χ1n) is 4.19. The van der Waals surface area contributed by atoms with E-state index in [0.717, 1.165) is 19.5 Å². The van der Waals surface area contributed by atoms with E-state index < -0.39 is 0 Å². The van der Waals surface area contributed by atoms with Gasteiger partial charge in [-0.3, -0.25) is 0 Å². The molecule has 6 heteroatoms. The number of hydrogen-bond acceptors (Lipinski definition) is 4. The highest BCUT2D eigenvalue weighted by Crippen LogP contribution is 2.23. The van der Waals surface area contributed by atoms with Crippen molar-refractivity contribution in [3.05, 3.63) is 18.2 Å². The summed E-state index contributed by atoms with van der Waals surface area (Å²) in [5, 5.41) is 4.45. The van der Waals surface area contributed by atoms with Crippen LogP contribution in [0.1, 0.15) is 6.42 Å². The lowest BCUT2D eigenvalue weighted by atomic mass is 10.4. The number of aromatic nitrogens is 2. The summed E-state index contributed by atoms with van der Waals surface area (Å²) in [4.78, 5) is 7.78. The van der Waals surface area contributed by atoms with Crippen LogP contribution in [-0.2, 0) is 0 Å². The van der Waals surface area contributed by atoms with Crippen LogP contribution in [0, 0.1) is 5.82 Å². The lowest BCUT2D eigenvalue weighted by molar-refractivity contribution is 0.605. The molecule has 1 atom stereocenters. The Hall–Kier alpha value is -0.390. The molecule has 1 saturated heterocycles. The Morgan fingerprint density at radius 1 is 1.43 bits per heavy atom. The van der Waals surface area contributed by atoms with E-state index in [2.05, 4.69) is 15.3 Å². The van der Waals surface area contributed by atoms with Gasteiger partial charge in [-0.2, -0.15) is 0 Å². The molecule has 1 N–H and O–H groups in total. The SMILES string of the molecule is Cl.Fc1cnc(S[C@@H]2CCNC2)nc1. The van der Waals surface area contributed by atoms with E-state index in [0.29, 0.717) is 10.4 Å². The summed E-state index contributed by atoms with van der Waals surface area (Å²) in [5.74, 6) is -0.381. The first kappa shape index (κ1) is 11.7. The van der Waals surface area contributed by atoms with Crippen LogP contribution >= 0.6 is 24.2 Å². The molecular formula is C8H11ClFN3S. The standard InChI is InChI=1S/C8H10FN3S.ClH/c9-6-3-11-8(12-4-6)13-7-1-2-10-5-7;/h3-4,7,10H,1-2,5H2;1H/t7-;/m1./s1. The van der Waals surface area contributed by atoms with E-state index in [-0.39, 0.29) is 18.2 Å². The fourth-order valence-corrected chi connectivity index (χ4v) is 2.20. The van der Waals surface area contributed by atoms with Gasteiger partial charge < -0.3 is 5.32 Å². The monoisotopic (exact) mass is 235 g/mol. The molecule has 2 rings (SSSR count). The Morgan fingerprint density at radius 3 is 2.71 bits per heavy atom. The molecule has 0 amide bonds. The highest BCUT2D eigenvalue weighted by atomic mass is 35.5. The van der Waals surface area contributed by atoms with Crippen molar-refractivity contribution in [2.75, 3.05) is 13.1 Å².